The number of ether oxygens (including phenoxy) is 1. The average Bonchev–Trinajstić information content (AvgIpc) is 3.78. The van der Waals surface area contributed by atoms with Gasteiger partial charge in [-0.05, 0) is 81.5 Å². The molecule has 2 heterocycles. The number of amides is 4. The van der Waals surface area contributed by atoms with E-state index in [9.17, 15) is 37.6 Å². The monoisotopic (exact) mass is 593 g/mol. The van der Waals surface area contributed by atoms with Crippen LogP contribution in [0.2, 0.25) is 0 Å². The Morgan fingerprint density at radius 2 is 1.83 bits per heavy atom. The van der Waals surface area contributed by atoms with Crippen molar-refractivity contribution < 1.29 is 37.1 Å². The minimum atomic E-state index is -5.20. The van der Waals surface area contributed by atoms with Gasteiger partial charge >= 0.3 is 12.1 Å². The van der Waals surface area contributed by atoms with Crippen molar-refractivity contribution in [3.63, 3.8) is 0 Å². The van der Waals surface area contributed by atoms with Gasteiger partial charge in [0, 0.05) is 18.0 Å². The third-order valence-electron chi connectivity index (χ3n) is 10.8. The second-order valence-electron chi connectivity index (χ2n) is 14.1. The van der Waals surface area contributed by atoms with E-state index in [1.165, 1.54) is 11.8 Å². The van der Waals surface area contributed by atoms with Gasteiger partial charge in [-0.1, -0.05) is 13.8 Å². The topological polar surface area (TPSA) is 141 Å². The molecule has 2 saturated heterocycles. The quantitative estimate of drug-likeness (QED) is 0.354. The van der Waals surface area contributed by atoms with Crippen LogP contribution in [0.4, 0.5) is 13.2 Å². The summed E-state index contributed by atoms with van der Waals surface area (Å²) in [4.78, 5) is 53.4. The summed E-state index contributed by atoms with van der Waals surface area (Å²) in [5.74, 6) is -4.22. The Morgan fingerprint density at radius 3 is 2.36 bits per heavy atom. The molecule has 13 heteroatoms. The predicted molar refractivity (Wildman–Crippen MR) is 140 cm³/mol. The molecule has 3 N–H and O–H groups in total. The van der Waals surface area contributed by atoms with Crippen LogP contribution < -0.4 is 16.0 Å². The number of hydrogen-bond acceptors (Lipinski definition) is 6. The number of halogens is 3. The Kier molecular flexibility index (Phi) is 6.65. The molecule has 4 saturated carbocycles. The first kappa shape index (κ1) is 29.2. The molecule has 6 fully saturated rings. The highest BCUT2D eigenvalue weighted by Gasteiger charge is 2.70. The molecule has 0 bridgehead atoms. The number of carbonyl (C=O) groups is 4. The molecule has 6 rings (SSSR count). The zero-order valence-corrected chi connectivity index (χ0v) is 24.1. The Bertz CT molecular complexity index is 1230. The Labute approximate surface area is 242 Å². The highest BCUT2D eigenvalue weighted by atomic mass is 19.4. The van der Waals surface area contributed by atoms with Gasteiger partial charge < -0.3 is 25.6 Å². The summed E-state index contributed by atoms with van der Waals surface area (Å²) in [6.07, 6.45) is -0.325. The molecular weight excluding hydrogens is 555 g/mol. The van der Waals surface area contributed by atoms with Crippen molar-refractivity contribution in [1.29, 1.82) is 5.26 Å². The molecule has 10 nitrogen and oxygen atoms in total. The molecular formula is C29H38F3N5O5. The van der Waals surface area contributed by atoms with E-state index in [0.717, 1.165) is 38.5 Å². The van der Waals surface area contributed by atoms with Crippen molar-refractivity contribution in [1.82, 2.24) is 20.9 Å². The number of nitriles is 1. The van der Waals surface area contributed by atoms with Gasteiger partial charge in [0.1, 0.15) is 18.1 Å². The fourth-order valence-electron chi connectivity index (χ4n) is 7.72. The predicted octanol–water partition coefficient (Wildman–Crippen LogP) is 1.93. The van der Waals surface area contributed by atoms with Crippen molar-refractivity contribution >= 4 is 23.6 Å². The Hall–Kier alpha value is -2.88. The maximum absolute atomic E-state index is 14.0. The highest BCUT2D eigenvalue weighted by Crippen LogP contribution is 2.65. The molecule has 0 aromatic carbocycles. The van der Waals surface area contributed by atoms with Gasteiger partial charge in [-0.25, -0.2) is 0 Å². The van der Waals surface area contributed by atoms with Crippen LogP contribution in [0, 0.1) is 40.4 Å². The number of fused-ring (bicyclic) bond motifs is 1. The van der Waals surface area contributed by atoms with E-state index in [1.807, 2.05) is 19.2 Å². The summed E-state index contributed by atoms with van der Waals surface area (Å²) in [6, 6.07) is -1.59. The molecule has 42 heavy (non-hydrogen) atoms. The minimum Gasteiger partial charge on any atom is -0.369 e. The molecule has 0 radical (unpaired) electrons. The lowest BCUT2D eigenvalue weighted by molar-refractivity contribution is -0.177. The summed E-state index contributed by atoms with van der Waals surface area (Å²) >= 11 is 0. The summed E-state index contributed by atoms with van der Waals surface area (Å²) in [6.45, 7) is 5.55. The standard InChI is InChI=1S/C29H38F3N5O5/c1-14(42-28(8-9-28)16-4-5-16)20(35-25(41)29(30,31)32)24(40)37-13-18-19(26(18,2)3)21(37)23(39)34-17(12-33)10-15-11-27(6-7-27)36-22(15)38/h14-21H,4-11,13H2,1-3H3,(H,34,39)(H,35,41)(H,36,38)/t14-,15-,17+,18+,19+,20+,21+/m1/s1. The van der Waals surface area contributed by atoms with E-state index < -0.39 is 59.6 Å². The van der Waals surface area contributed by atoms with Crippen LogP contribution in [0.5, 0.6) is 0 Å². The maximum atomic E-state index is 14.0. The number of likely N-dealkylation sites (tertiary alicyclic amines) is 1. The van der Waals surface area contributed by atoms with Gasteiger partial charge in [-0.2, -0.15) is 18.4 Å². The SMILES string of the molecule is C[C@@H](OC1(C2CC2)CC1)[C@H](NC(=O)C(F)(F)F)C(=O)N1C[C@H]2[C@@H]([C@H]1C(=O)N[C@H](C#N)C[C@@H]1CC3(CC3)NC1=O)C2(C)C. The molecule has 4 aliphatic carbocycles. The molecule has 0 unspecified atom stereocenters. The number of piperidine rings is 1. The molecule has 2 aliphatic heterocycles. The fraction of sp³-hybridized carbons (Fsp3) is 0.828. The van der Waals surface area contributed by atoms with Crippen molar-refractivity contribution in [3.05, 3.63) is 0 Å². The van der Waals surface area contributed by atoms with Crippen molar-refractivity contribution in [2.24, 2.45) is 29.1 Å². The molecule has 0 aromatic heterocycles. The van der Waals surface area contributed by atoms with Crippen LogP contribution in [0.3, 0.4) is 0 Å². The van der Waals surface area contributed by atoms with E-state index >= 15 is 0 Å². The first-order valence-electron chi connectivity index (χ1n) is 15.0. The first-order valence-corrected chi connectivity index (χ1v) is 15.0. The lowest BCUT2D eigenvalue weighted by Crippen LogP contribution is -2.61. The molecule has 6 aliphatic rings. The number of alkyl halides is 3. The zero-order chi connectivity index (χ0) is 30.4. The van der Waals surface area contributed by atoms with Crippen molar-refractivity contribution in [3.8, 4) is 6.07 Å². The second-order valence-corrected chi connectivity index (χ2v) is 14.1. The molecule has 4 amide bonds. The summed E-state index contributed by atoms with van der Waals surface area (Å²) < 4.78 is 46.1. The Balaban J connectivity index is 1.19. The van der Waals surface area contributed by atoms with Gasteiger partial charge in [0.05, 0.1) is 17.8 Å². The number of nitrogens with one attached hydrogen (secondary N) is 3. The van der Waals surface area contributed by atoms with Crippen LogP contribution in [0.15, 0.2) is 0 Å². The van der Waals surface area contributed by atoms with Crippen LogP contribution in [0.25, 0.3) is 0 Å². The largest absolute Gasteiger partial charge is 0.471 e. The van der Waals surface area contributed by atoms with Crippen molar-refractivity contribution in [2.75, 3.05) is 6.54 Å². The molecule has 1 spiro atoms. The van der Waals surface area contributed by atoms with E-state index in [-0.39, 0.29) is 41.7 Å². The van der Waals surface area contributed by atoms with Gasteiger partial charge in [0.2, 0.25) is 17.7 Å². The van der Waals surface area contributed by atoms with E-state index in [4.69, 9.17) is 4.74 Å². The zero-order valence-electron chi connectivity index (χ0n) is 24.1. The smallest absolute Gasteiger partial charge is 0.369 e. The maximum Gasteiger partial charge on any atom is 0.471 e. The van der Waals surface area contributed by atoms with Gasteiger partial charge in [-0.3, -0.25) is 19.2 Å². The van der Waals surface area contributed by atoms with E-state index in [0.29, 0.717) is 12.3 Å². The van der Waals surface area contributed by atoms with E-state index in [1.54, 1.807) is 0 Å². The molecule has 0 aromatic rings. The Morgan fingerprint density at radius 1 is 1.17 bits per heavy atom. The van der Waals surface area contributed by atoms with Crippen molar-refractivity contribution in [2.45, 2.75) is 114 Å². The van der Waals surface area contributed by atoms with Gasteiger partial charge in [-0.15, -0.1) is 0 Å². The van der Waals surface area contributed by atoms with Crippen LogP contribution in [-0.4, -0.2) is 76.6 Å². The highest BCUT2D eigenvalue weighted by molar-refractivity contribution is 5.95. The summed E-state index contributed by atoms with van der Waals surface area (Å²) in [7, 11) is 0. The van der Waals surface area contributed by atoms with E-state index in [2.05, 4.69) is 16.7 Å². The normalized spacial score (nSPS) is 33.1. The lowest BCUT2D eigenvalue weighted by atomic mass is 9.95. The average molecular weight is 594 g/mol. The summed E-state index contributed by atoms with van der Waals surface area (Å²) in [5.41, 5.74) is -0.946. The van der Waals surface area contributed by atoms with Gasteiger partial charge in [0.15, 0.2) is 0 Å². The number of rotatable bonds is 10. The van der Waals surface area contributed by atoms with Crippen LogP contribution in [0.1, 0.15) is 72.1 Å². The fourth-order valence-corrected chi connectivity index (χ4v) is 7.72. The lowest BCUT2D eigenvalue weighted by Gasteiger charge is -2.36. The summed E-state index contributed by atoms with van der Waals surface area (Å²) in [5, 5.41) is 17.4. The number of carbonyl (C=O) groups excluding carboxylic acids is 4. The molecule has 230 valence electrons. The number of nitrogens with zero attached hydrogens (tertiary/aromatic N) is 2. The van der Waals surface area contributed by atoms with Crippen LogP contribution in [-0.2, 0) is 23.9 Å². The number of hydrogen-bond donors (Lipinski definition) is 3. The van der Waals surface area contributed by atoms with Crippen LogP contribution >= 0.6 is 0 Å². The van der Waals surface area contributed by atoms with Gasteiger partial charge in [0.25, 0.3) is 0 Å². The first-order chi connectivity index (χ1) is 19.6. The minimum absolute atomic E-state index is 0.0653. The third kappa shape index (κ3) is 5.13. The second kappa shape index (κ2) is 9.56. The molecule has 7 atom stereocenters. The third-order valence-corrected chi connectivity index (χ3v) is 10.8.